The van der Waals surface area contributed by atoms with E-state index in [1.807, 2.05) is 0 Å². The molecule has 2 rings (SSSR count). The van der Waals surface area contributed by atoms with E-state index in [1.54, 1.807) is 0 Å². The average molecular weight is 214 g/mol. The van der Waals surface area contributed by atoms with Crippen molar-refractivity contribution < 1.29 is 0 Å². The van der Waals surface area contributed by atoms with Gasteiger partial charge >= 0.3 is 0 Å². The molecule has 0 aromatic carbocycles. The second kappa shape index (κ2) is 4.86. The van der Waals surface area contributed by atoms with Gasteiger partial charge in [0, 0.05) is 36.7 Å². The van der Waals surface area contributed by atoms with Crippen molar-refractivity contribution in [1.29, 1.82) is 0 Å². The highest BCUT2D eigenvalue weighted by atomic mass is 32.2. The summed E-state index contributed by atoms with van der Waals surface area (Å²) >= 11 is 2.09. The molecule has 82 valence electrons. The Bertz CT molecular complexity index is 172. The minimum atomic E-state index is 0.388. The van der Waals surface area contributed by atoms with Crippen molar-refractivity contribution in [3.05, 3.63) is 0 Å². The lowest BCUT2D eigenvalue weighted by molar-refractivity contribution is 0.0668. The van der Waals surface area contributed by atoms with E-state index in [0.717, 1.165) is 6.54 Å². The maximum Gasteiger partial charge on any atom is 0.0332 e. The van der Waals surface area contributed by atoms with E-state index in [0.29, 0.717) is 5.54 Å². The number of rotatable bonds is 2. The molecule has 0 bridgehead atoms. The van der Waals surface area contributed by atoms with Gasteiger partial charge in [0.05, 0.1) is 0 Å². The lowest BCUT2D eigenvalue weighted by Gasteiger charge is -2.47. The Labute approximate surface area is 91.6 Å². The molecule has 0 radical (unpaired) electrons. The Morgan fingerprint density at radius 2 is 1.71 bits per heavy atom. The molecule has 1 aliphatic heterocycles. The molecular formula is C11H22N2S. The van der Waals surface area contributed by atoms with Crippen LogP contribution in [0.25, 0.3) is 0 Å². The van der Waals surface area contributed by atoms with E-state index in [2.05, 4.69) is 16.7 Å². The van der Waals surface area contributed by atoms with Crippen LogP contribution in [-0.4, -0.2) is 41.6 Å². The van der Waals surface area contributed by atoms with Gasteiger partial charge in [0.25, 0.3) is 0 Å². The molecule has 0 aromatic rings. The highest BCUT2D eigenvalue weighted by molar-refractivity contribution is 7.99. The highest BCUT2D eigenvalue weighted by Crippen LogP contribution is 2.34. The molecule has 2 N–H and O–H groups in total. The van der Waals surface area contributed by atoms with Crippen molar-refractivity contribution in [2.45, 2.75) is 37.6 Å². The highest BCUT2D eigenvalue weighted by Gasteiger charge is 2.36. The standard InChI is InChI=1S/C11H22N2S/c12-10-11(4-2-1-3-5-11)13-6-8-14-9-7-13/h1-10,12H2. The minimum absolute atomic E-state index is 0.388. The van der Waals surface area contributed by atoms with E-state index < -0.39 is 0 Å². The third-order valence-corrected chi connectivity index (χ3v) is 4.79. The number of nitrogens with two attached hydrogens (primary N) is 1. The fraction of sp³-hybridized carbons (Fsp3) is 1.00. The predicted molar refractivity (Wildman–Crippen MR) is 63.8 cm³/mol. The largest absolute Gasteiger partial charge is 0.329 e. The van der Waals surface area contributed by atoms with Gasteiger partial charge in [-0.25, -0.2) is 0 Å². The first-order valence-corrected chi connectivity index (χ1v) is 7.06. The third kappa shape index (κ3) is 2.10. The first kappa shape index (κ1) is 10.8. The molecule has 3 heteroatoms. The summed E-state index contributed by atoms with van der Waals surface area (Å²) in [7, 11) is 0. The molecule has 1 aliphatic carbocycles. The molecule has 0 unspecified atom stereocenters. The van der Waals surface area contributed by atoms with E-state index in [-0.39, 0.29) is 0 Å². The van der Waals surface area contributed by atoms with E-state index in [4.69, 9.17) is 5.73 Å². The second-order valence-electron chi connectivity index (χ2n) is 4.59. The quantitative estimate of drug-likeness (QED) is 0.758. The summed E-state index contributed by atoms with van der Waals surface area (Å²) in [5, 5.41) is 0. The number of thioether (sulfide) groups is 1. The van der Waals surface area contributed by atoms with Gasteiger partial charge in [-0.15, -0.1) is 0 Å². The van der Waals surface area contributed by atoms with Gasteiger partial charge in [-0.2, -0.15) is 11.8 Å². The van der Waals surface area contributed by atoms with Crippen LogP contribution in [0.2, 0.25) is 0 Å². The molecule has 0 spiro atoms. The normalized spacial score (nSPS) is 28.9. The maximum atomic E-state index is 6.02. The number of hydrogen-bond donors (Lipinski definition) is 1. The van der Waals surface area contributed by atoms with Crippen LogP contribution >= 0.6 is 11.8 Å². The molecule has 0 aromatic heterocycles. The summed E-state index contributed by atoms with van der Waals surface area (Å²) in [6, 6.07) is 0. The van der Waals surface area contributed by atoms with Gasteiger partial charge in [0.15, 0.2) is 0 Å². The maximum absolute atomic E-state index is 6.02. The Balaban J connectivity index is 2.01. The monoisotopic (exact) mass is 214 g/mol. The summed E-state index contributed by atoms with van der Waals surface area (Å²) in [4.78, 5) is 2.68. The first-order valence-electron chi connectivity index (χ1n) is 5.90. The van der Waals surface area contributed by atoms with Crippen LogP contribution in [0.3, 0.4) is 0 Å². The fourth-order valence-electron chi connectivity index (χ4n) is 2.90. The zero-order valence-electron chi connectivity index (χ0n) is 9.00. The van der Waals surface area contributed by atoms with Crippen molar-refractivity contribution in [2.75, 3.05) is 31.1 Å². The SMILES string of the molecule is NCC1(N2CCSCC2)CCCCC1. The van der Waals surface area contributed by atoms with Crippen LogP contribution in [-0.2, 0) is 0 Å². The van der Waals surface area contributed by atoms with Gasteiger partial charge in [-0.1, -0.05) is 19.3 Å². The zero-order valence-corrected chi connectivity index (χ0v) is 9.82. The number of hydrogen-bond acceptors (Lipinski definition) is 3. The van der Waals surface area contributed by atoms with Crippen LogP contribution < -0.4 is 5.73 Å². The Morgan fingerprint density at radius 3 is 2.29 bits per heavy atom. The van der Waals surface area contributed by atoms with Crippen LogP contribution in [0.1, 0.15) is 32.1 Å². The van der Waals surface area contributed by atoms with Crippen molar-refractivity contribution in [1.82, 2.24) is 4.90 Å². The molecule has 2 fully saturated rings. The van der Waals surface area contributed by atoms with Gasteiger partial charge < -0.3 is 5.73 Å². The summed E-state index contributed by atoms with van der Waals surface area (Å²) in [5.41, 5.74) is 6.41. The summed E-state index contributed by atoms with van der Waals surface area (Å²) < 4.78 is 0. The van der Waals surface area contributed by atoms with Crippen molar-refractivity contribution in [3.63, 3.8) is 0 Å². The van der Waals surface area contributed by atoms with Crippen LogP contribution in [0.5, 0.6) is 0 Å². The Hall–Kier alpha value is 0.270. The van der Waals surface area contributed by atoms with Crippen LogP contribution in [0.4, 0.5) is 0 Å². The van der Waals surface area contributed by atoms with Crippen molar-refractivity contribution in [2.24, 2.45) is 5.73 Å². The van der Waals surface area contributed by atoms with Crippen LogP contribution in [0, 0.1) is 0 Å². The lowest BCUT2D eigenvalue weighted by Crippen LogP contribution is -2.57. The summed E-state index contributed by atoms with van der Waals surface area (Å²) in [5.74, 6) is 2.61. The first-order chi connectivity index (χ1) is 6.87. The Morgan fingerprint density at radius 1 is 1.07 bits per heavy atom. The molecule has 1 saturated heterocycles. The molecule has 0 amide bonds. The topological polar surface area (TPSA) is 29.3 Å². The molecule has 0 atom stereocenters. The van der Waals surface area contributed by atoms with E-state index in [9.17, 15) is 0 Å². The fourth-order valence-corrected chi connectivity index (χ4v) is 3.80. The van der Waals surface area contributed by atoms with E-state index in [1.165, 1.54) is 56.7 Å². The van der Waals surface area contributed by atoms with Gasteiger partial charge in [-0.05, 0) is 12.8 Å². The van der Waals surface area contributed by atoms with Crippen molar-refractivity contribution in [3.8, 4) is 0 Å². The van der Waals surface area contributed by atoms with Gasteiger partial charge in [-0.3, -0.25) is 4.90 Å². The average Bonchev–Trinajstić information content (AvgIpc) is 2.31. The van der Waals surface area contributed by atoms with Crippen LogP contribution in [0.15, 0.2) is 0 Å². The van der Waals surface area contributed by atoms with Gasteiger partial charge in [0.2, 0.25) is 0 Å². The Kier molecular flexibility index (Phi) is 3.74. The molecule has 2 nitrogen and oxygen atoms in total. The molecule has 1 heterocycles. The molecule has 14 heavy (non-hydrogen) atoms. The van der Waals surface area contributed by atoms with Crippen molar-refractivity contribution >= 4 is 11.8 Å². The van der Waals surface area contributed by atoms with Gasteiger partial charge in [0.1, 0.15) is 0 Å². The minimum Gasteiger partial charge on any atom is -0.329 e. The molecular weight excluding hydrogens is 192 g/mol. The predicted octanol–water partition coefficient (Wildman–Crippen LogP) is 1.70. The summed E-state index contributed by atoms with van der Waals surface area (Å²) in [6.07, 6.45) is 6.88. The molecule has 1 saturated carbocycles. The third-order valence-electron chi connectivity index (χ3n) is 3.85. The summed E-state index contributed by atoms with van der Waals surface area (Å²) in [6.45, 7) is 3.40. The second-order valence-corrected chi connectivity index (χ2v) is 5.81. The molecule has 2 aliphatic rings. The lowest BCUT2D eigenvalue weighted by atomic mass is 9.80. The van der Waals surface area contributed by atoms with E-state index >= 15 is 0 Å². The number of nitrogens with zero attached hydrogens (tertiary/aromatic N) is 1. The zero-order chi connectivity index (χ0) is 9.86. The smallest absolute Gasteiger partial charge is 0.0332 e.